The third-order valence-corrected chi connectivity index (χ3v) is 5.47. The van der Waals surface area contributed by atoms with Crippen LogP contribution in [-0.2, 0) is 6.54 Å². The van der Waals surface area contributed by atoms with E-state index in [2.05, 4.69) is 14.5 Å². The maximum absolute atomic E-state index is 13.5. The summed E-state index contributed by atoms with van der Waals surface area (Å²) < 4.78 is 63.6. The van der Waals surface area contributed by atoms with Crippen LogP contribution < -0.4 is 14.3 Å². The molecular formula is C21H17F4N3O3S. The summed E-state index contributed by atoms with van der Waals surface area (Å²) in [4.78, 5) is 19.3. The van der Waals surface area contributed by atoms with Gasteiger partial charge in [0.05, 0.1) is 5.69 Å². The largest absolute Gasteiger partial charge is 0.507 e. The third-order valence-electron chi connectivity index (χ3n) is 4.57. The van der Waals surface area contributed by atoms with Crippen LogP contribution in [0.2, 0.25) is 0 Å². The zero-order chi connectivity index (χ0) is 23.1. The molecule has 2 heterocycles. The predicted octanol–water partition coefficient (Wildman–Crippen LogP) is 4.96. The number of alkyl halides is 4. The number of urea groups is 1. The quantitative estimate of drug-likeness (QED) is 0.512. The monoisotopic (exact) mass is 467 g/mol. The Hall–Kier alpha value is -3.34. The normalized spacial score (nSPS) is 16.6. The molecule has 0 fully saturated rings. The first-order chi connectivity index (χ1) is 15.1. The van der Waals surface area contributed by atoms with Crippen molar-refractivity contribution in [3.05, 3.63) is 70.0 Å². The number of rotatable bonds is 3. The second kappa shape index (κ2) is 7.97. The molecule has 0 bridgehead atoms. The van der Waals surface area contributed by atoms with Crippen molar-refractivity contribution in [1.82, 2.24) is 9.47 Å². The number of hydrogen-bond acceptors (Lipinski definition) is 4. The summed E-state index contributed by atoms with van der Waals surface area (Å²) in [5.74, 6) is -1.07. The highest BCUT2D eigenvalue weighted by molar-refractivity contribution is 7.09. The molecule has 0 spiro atoms. The van der Waals surface area contributed by atoms with Gasteiger partial charge >= 0.3 is 18.2 Å². The lowest BCUT2D eigenvalue weighted by molar-refractivity contribution is -0.391. The smallest absolute Gasteiger partial charge is 0.421 e. The highest BCUT2D eigenvalue weighted by Gasteiger charge is 2.65. The molecule has 4 rings (SSSR count). The average molecular weight is 467 g/mol. The Kier molecular flexibility index (Phi) is 5.45. The molecule has 6 nitrogen and oxygen atoms in total. The van der Waals surface area contributed by atoms with Gasteiger partial charge in [-0.25, -0.2) is 4.79 Å². The number of thiazole rings is 1. The summed E-state index contributed by atoms with van der Waals surface area (Å²) in [5.41, 5.74) is 1.22. The van der Waals surface area contributed by atoms with Gasteiger partial charge in [-0.2, -0.15) is 22.6 Å². The van der Waals surface area contributed by atoms with Gasteiger partial charge in [0, 0.05) is 30.7 Å². The lowest BCUT2D eigenvalue weighted by Crippen LogP contribution is -2.52. The number of nitrogens with zero attached hydrogens (tertiary/aromatic N) is 3. The van der Waals surface area contributed by atoms with Crippen molar-refractivity contribution in [1.29, 1.82) is 0 Å². The van der Waals surface area contributed by atoms with E-state index < -0.39 is 29.7 Å². The van der Waals surface area contributed by atoms with Gasteiger partial charge in [0.1, 0.15) is 0 Å². The Morgan fingerprint density at radius 2 is 1.72 bits per heavy atom. The van der Waals surface area contributed by atoms with E-state index in [0.29, 0.717) is 6.54 Å². The predicted molar refractivity (Wildman–Crippen MR) is 108 cm³/mol. The van der Waals surface area contributed by atoms with Crippen molar-refractivity contribution < 1.29 is 31.8 Å². The highest BCUT2D eigenvalue weighted by Crippen LogP contribution is 2.47. The second-order valence-electron chi connectivity index (χ2n) is 7.10. The number of amides is 2. The summed E-state index contributed by atoms with van der Waals surface area (Å²) in [7, 11) is 1.61. The first kappa shape index (κ1) is 21.9. The van der Waals surface area contributed by atoms with Crippen LogP contribution in [0.25, 0.3) is 5.69 Å². The van der Waals surface area contributed by atoms with Gasteiger partial charge in [0.15, 0.2) is 16.3 Å². The van der Waals surface area contributed by atoms with Gasteiger partial charge in [-0.3, -0.25) is 4.57 Å². The van der Waals surface area contributed by atoms with Crippen molar-refractivity contribution in [2.24, 2.45) is 4.99 Å². The van der Waals surface area contributed by atoms with Crippen LogP contribution in [-0.4, -0.2) is 34.8 Å². The first-order valence-corrected chi connectivity index (χ1v) is 10.2. The molecule has 0 N–H and O–H groups in total. The molecule has 1 aliphatic rings. The molecule has 3 aromatic rings. The molecule has 0 aliphatic carbocycles. The minimum atomic E-state index is -4.82. The van der Waals surface area contributed by atoms with E-state index in [0.717, 1.165) is 22.6 Å². The van der Waals surface area contributed by atoms with Crippen LogP contribution in [0.4, 0.5) is 22.4 Å². The Labute approximate surface area is 184 Å². The van der Waals surface area contributed by atoms with Crippen molar-refractivity contribution >= 4 is 17.4 Å². The maximum atomic E-state index is 13.5. The van der Waals surface area contributed by atoms with Crippen LogP contribution in [0, 0.1) is 6.92 Å². The molecule has 32 heavy (non-hydrogen) atoms. The molecule has 2 aromatic carbocycles. The van der Waals surface area contributed by atoms with E-state index in [1.807, 2.05) is 30.3 Å². The van der Waals surface area contributed by atoms with E-state index >= 15 is 0 Å². The Bertz CT molecular complexity index is 1220. The molecule has 168 valence electrons. The van der Waals surface area contributed by atoms with Gasteiger partial charge in [-0.1, -0.05) is 30.3 Å². The molecule has 0 unspecified atom stereocenters. The number of hydrogen-bond donors (Lipinski definition) is 0. The average Bonchev–Trinajstić information content (AvgIpc) is 3.08. The minimum Gasteiger partial charge on any atom is -0.421 e. The Morgan fingerprint density at radius 1 is 1.06 bits per heavy atom. The zero-order valence-electron chi connectivity index (χ0n) is 16.9. The number of benzene rings is 2. The van der Waals surface area contributed by atoms with Crippen molar-refractivity contribution in [3.63, 3.8) is 0 Å². The van der Waals surface area contributed by atoms with Crippen LogP contribution in [0.5, 0.6) is 11.5 Å². The first-order valence-electron chi connectivity index (χ1n) is 9.37. The summed E-state index contributed by atoms with van der Waals surface area (Å²) in [6.45, 7) is 2.13. The van der Waals surface area contributed by atoms with E-state index in [1.165, 1.54) is 26.9 Å². The van der Waals surface area contributed by atoms with Gasteiger partial charge < -0.3 is 14.4 Å². The molecule has 11 heteroatoms. The topological polar surface area (TPSA) is 56.1 Å². The second-order valence-corrected chi connectivity index (χ2v) is 8.31. The van der Waals surface area contributed by atoms with Crippen LogP contribution >= 0.6 is 11.3 Å². The van der Waals surface area contributed by atoms with Crippen molar-refractivity contribution in [2.45, 2.75) is 25.7 Å². The number of fused-ring (bicyclic) bond motifs is 1. The van der Waals surface area contributed by atoms with Gasteiger partial charge in [0.2, 0.25) is 0 Å². The molecule has 1 aliphatic heterocycles. The minimum absolute atomic E-state index is 0.279. The molecular weight excluding hydrogens is 450 g/mol. The number of ether oxygens (including phenoxy) is 2. The standard InChI is InChI=1S/C21H17F4N3O3S/c1-13-11-28(15-8-9-16-17(10-15)31-21(24,25)20(22,23)30-16)19(32-13)26-18(29)27(2)12-14-6-4-3-5-7-14/h3-11H,12H2,1-2H3/b26-19-. The lowest BCUT2D eigenvalue weighted by Gasteiger charge is -2.31. The van der Waals surface area contributed by atoms with E-state index in [1.54, 1.807) is 20.2 Å². The van der Waals surface area contributed by atoms with Crippen molar-refractivity contribution in [3.8, 4) is 17.2 Å². The molecule has 0 radical (unpaired) electrons. The zero-order valence-corrected chi connectivity index (χ0v) is 17.7. The Balaban J connectivity index is 1.65. The molecule has 1 aromatic heterocycles. The van der Waals surface area contributed by atoms with Crippen LogP contribution in [0.1, 0.15) is 10.4 Å². The Morgan fingerprint density at radius 3 is 2.41 bits per heavy atom. The number of carbonyl (C=O) groups excluding carboxylic acids is 1. The maximum Gasteiger partial charge on any atom is 0.507 e. The van der Waals surface area contributed by atoms with Crippen LogP contribution in [0.15, 0.2) is 59.7 Å². The fraction of sp³-hybridized carbons (Fsp3) is 0.238. The third kappa shape index (κ3) is 4.20. The van der Waals surface area contributed by atoms with Gasteiger partial charge in [-0.15, -0.1) is 11.3 Å². The summed E-state index contributed by atoms with van der Waals surface area (Å²) in [6.07, 6.45) is -7.97. The number of aryl methyl sites for hydroxylation is 1. The summed E-state index contributed by atoms with van der Waals surface area (Å²) in [5, 5.41) is 0. The SMILES string of the molecule is Cc1cn(-c2ccc3c(c2)OC(F)(F)C(F)(F)O3)/c(=N/C(=O)N(C)Cc2ccccc2)s1. The molecule has 0 saturated heterocycles. The van der Waals surface area contributed by atoms with Crippen molar-refractivity contribution in [2.75, 3.05) is 7.05 Å². The molecule has 0 saturated carbocycles. The molecule has 0 atom stereocenters. The van der Waals surface area contributed by atoms with Gasteiger partial charge in [0.25, 0.3) is 0 Å². The van der Waals surface area contributed by atoms with E-state index in [-0.39, 0.29) is 10.5 Å². The number of aromatic nitrogens is 1. The highest BCUT2D eigenvalue weighted by atomic mass is 32.1. The lowest BCUT2D eigenvalue weighted by atomic mass is 10.2. The fourth-order valence-corrected chi connectivity index (χ4v) is 3.84. The van der Waals surface area contributed by atoms with E-state index in [9.17, 15) is 22.4 Å². The molecule has 2 amide bonds. The van der Waals surface area contributed by atoms with Crippen LogP contribution in [0.3, 0.4) is 0 Å². The summed E-state index contributed by atoms with van der Waals surface area (Å²) >= 11 is 1.21. The van der Waals surface area contributed by atoms with E-state index in [4.69, 9.17) is 0 Å². The number of carbonyl (C=O) groups is 1. The van der Waals surface area contributed by atoms with Gasteiger partial charge in [-0.05, 0) is 24.6 Å². The fourth-order valence-electron chi connectivity index (χ4n) is 3.02. The summed E-state index contributed by atoms with van der Waals surface area (Å²) in [6, 6.07) is 12.5. The number of halogens is 4.